The van der Waals surface area contributed by atoms with E-state index in [1.807, 2.05) is 0 Å². The minimum absolute atomic E-state index is 0.270. The first-order valence-electron chi connectivity index (χ1n) is 6.18. The molecule has 2 rings (SSSR count). The van der Waals surface area contributed by atoms with E-state index < -0.39 is 17.7 Å². The molecule has 0 aromatic heterocycles. The highest BCUT2D eigenvalue weighted by molar-refractivity contribution is 6.35. The number of hydrogen-bond acceptors (Lipinski definition) is 4. The Kier molecular flexibility index (Phi) is 3.81. The maximum absolute atomic E-state index is 12.0. The minimum Gasteiger partial charge on any atom is -0.369 e. The highest BCUT2D eigenvalue weighted by Gasteiger charge is 2.34. The Balaban J connectivity index is 1.91. The van der Waals surface area contributed by atoms with Gasteiger partial charge in [-0.05, 0) is 6.42 Å². The Morgan fingerprint density at radius 2 is 1.61 bits per heavy atom. The van der Waals surface area contributed by atoms with Crippen molar-refractivity contribution in [3.63, 3.8) is 0 Å². The second-order valence-corrected chi connectivity index (χ2v) is 4.68. The second kappa shape index (κ2) is 5.34. The van der Waals surface area contributed by atoms with Crippen LogP contribution in [0.25, 0.3) is 0 Å². The number of nitrogens with two attached hydrogens (primary N) is 1. The third kappa shape index (κ3) is 2.61. The Hall–Kier alpha value is -1.63. The van der Waals surface area contributed by atoms with Crippen molar-refractivity contribution in [1.82, 2.24) is 15.1 Å². The zero-order valence-corrected chi connectivity index (χ0v) is 10.2. The number of nitrogens with one attached hydrogen (secondary N) is 1. The van der Waals surface area contributed by atoms with E-state index in [2.05, 4.69) is 5.32 Å². The lowest BCUT2D eigenvalue weighted by molar-refractivity contribution is -0.151. The number of likely N-dealkylation sites (tertiary alicyclic amines) is 1. The number of amides is 3. The summed E-state index contributed by atoms with van der Waals surface area (Å²) < 4.78 is 0. The van der Waals surface area contributed by atoms with E-state index in [1.54, 1.807) is 4.90 Å². The van der Waals surface area contributed by atoms with Gasteiger partial charge in [0.15, 0.2) is 0 Å². The molecular weight excluding hydrogens is 236 g/mol. The van der Waals surface area contributed by atoms with Crippen LogP contribution in [0.2, 0.25) is 0 Å². The van der Waals surface area contributed by atoms with Crippen LogP contribution in [0.1, 0.15) is 6.42 Å². The molecular formula is C11H18N4O3. The van der Waals surface area contributed by atoms with Gasteiger partial charge in [0.25, 0.3) is 0 Å². The molecule has 2 aliphatic rings. The largest absolute Gasteiger partial charge is 0.369 e. The van der Waals surface area contributed by atoms with Crippen molar-refractivity contribution in [3.05, 3.63) is 0 Å². The molecule has 0 aliphatic carbocycles. The van der Waals surface area contributed by atoms with Crippen molar-refractivity contribution in [2.75, 3.05) is 39.3 Å². The van der Waals surface area contributed by atoms with Gasteiger partial charge in [0.1, 0.15) is 0 Å². The summed E-state index contributed by atoms with van der Waals surface area (Å²) in [6, 6.07) is 0. The highest BCUT2D eigenvalue weighted by Crippen LogP contribution is 2.16. The molecule has 7 heteroatoms. The van der Waals surface area contributed by atoms with E-state index in [9.17, 15) is 14.4 Å². The van der Waals surface area contributed by atoms with E-state index in [0.717, 1.165) is 0 Å². The zero-order chi connectivity index (χ0) is 13.1. The molecule has 18 heavy (non-hydrogen) atoms. The topological polar surface area (TPSA) is 95.7 Å². The van der Waals surface area contributed by atoms with Crippen molar-refractivity contribution >= 4 is 17.7 Å². The lowest BCUT2D eigenvalue weighted by Gasteiger charge is -2.28. The quantitative estimate of drug-likeness (QED) is 0.517. The molecule has 7 nitrogen and oxygen atoms in total. The van der Waals surface area contributed by atoms with Gasteiger partial charge in [-0.2, -0.15) is 0 Å². The van der Waals surface area contributed by atoms with Crippen LogP contribution in [0, 0.1) is 5.92 Å². The molecule has 3 N–H and O–H groups in total. The molecule has 0 saturated carbocycles. The third-order valence-electron chi connectivity index (χ3n) is 3.46. The van der Waals surface area contributed by atoms with Crippen molar-refractivity contribution in [3.8, 4) is 0 Å². The SMILES string of the molecule is NC(=O)C1CCN(C(=O)C(=O)N2CCNCC2)C1. The van der Waals surface area contributed by atoms with Crippen LogP contribution in [0.5, 0.6) is 0 Å². The van der Waals surface area contributed by atoms with Crippen molar-refractivity contribution in [1.29, 1.82) is 0 Å². The predicted octanol–water partition coefficient (Wildman–Crippen LogP) is -2.25. The summed E-state index contributed by atoms with van der Waals surface area (Å²) in [7, 11) is 0. The normalized spacial score (nSPS) is 24.1. The molecule has 2 heterocycles. The van der Waals surface area contributed by atoms with Gasteiger partial charge in [-0.25, -0.2) is 0 Å². The molecule has 3 amide bonds. The lowest BCUT2D eigenvalue weighted by atomic mass is 10.1. The number of rotatable bonds is 1. The van der Waals surface area contributed by atoms with Gasteiger partial charge in [-0.3, -0.25) is 14.4 Å². The van der Waals surface area contributed by atoms with Crippen LogP contribution in [0.15, 0.2) is 0 Å². The highest BCUT2D eigenvalue weighted by atomic mass is 16.2. The molecule has 0 bridgehead atoms. The molecule has 0 radical (unpaired) electrons. The molecule has 1 atom stereocenters. The lowest BCUT2D eigenvalue weighted by Crippen LogP contribution is -2.51. The van der Waals surface area contributed by atoms with Gasteiger partial charge in [-0.15, -0.1) is 0 Å². The first kappa shape index (κ1) is 12.8. The first-order chi connectivity index (χ1) is 8.59. The van der Waals surface area contributed by atoms with Crippen LogP contribution in [-0.4, -0.2) is 66.8 Å². The predicted molar refractivity (Wildman–Crippen MR) is 63.3 cm³/mol. The van der Waals surface area contributed by atoms with E-state index in [-0.39, 0.29) is 12.5 Å². The number of carbonyl (C=O) groups excluding carboxylic acids is 3. The monoisotopic (exact) mass is 254 g/mol. The fourth-order valence-corrected chi connectivity index (χ4v) is 2.32. The molecule has 2 saturated heterocycles. The van der Waals surface area contributed by atoms with E-state index in [0.29, 0.717) is 39.1 Å². The summed E-state index contributed by atoms with van der Waals surface area (Å²) in [6.45, 7) is 3.23. The van der Waals surface area contributed by atoms with Crippen LogP contribution in [0.4, 0.5) is 0 Å². The number of primary amides is 1. The Labute approximate surface area is 105 Å². The van der Waals surface area contributed by atoms with Gasteiger partial charge in [0.05, 0.1) is 5.92 Å². The summed E-state index contributed by atoms with van der Waals surface area (Å²) in [5.41, 5.74) is 5.20. The van der Waals surface area contributed by atoms with Crippen LogP contribution in [0.3, 0.4) is 0 Å². The molecule has 1 unspecified atom stereocenters. The standard InChI is InChI=1S/C11H18N4O3/c12-9(16)8-1-4-15(7-8)11(18)10(17)14-5-2-13-3-6-14/h8,13H,1-7H2,(H2,12,16). The van der Waals surface area contributed by atoms with Crippen molar-refractivity contribution in [2.24, 2.45) is 11.7 Å². The van der Waals surface area contributed by atoms with Gasteiger partial charge >= 0.3 is 11.8 Å². The number of nitrogens with zero attached hydrogens (tertiary/aromatic N) is 2. The smallest absolute Gasteiger partial charge is 0.312 e. The summed E-state index contributed by atoms with van der Waals surface area (Å²) in [4.78, 5) is 37.9. The van der Waals surface area contributed by atoms with Crippen LogP contribution >= 0.6 is 0 Å². The molecule has 100 valence electrons. The Morgan fingerprint density at radius 1 is 1.00 bits per heavy atom. The van der Waals surface area contributed by atoms with E-state index in [4.69, 9.17) is 5.73 Å². The fraction of sp³-hybridized carbons (Fsp3) is 0.727. The molecule has 0 aromatic carbocycles. The summed E-state index contributed by atoms with van der Waals surface area (Å²) in [5, 5.41) is 3.12. The first-order valence-corrected chi connectivity index (χ1v) is 6.18. The minimum atomic E-state index is -0.513. The van der Waals surface area contributed by atoms with Gasteiger partial charge in [0, 0.05) is 39.3 Å². The maximum Gasteiger partial charge on any atom is 0.312 e. The average Bonchev–Trinajstić information content (AvgIpc) is 2.88. The molecule has 0 aromatic rings. The maximum atomic E-state index is 12.0. The van der Waals surface area contributed by atoms with Gasteiger partial charge in [0.2, 0.25) is 5.91 Å². The fourth-order valence-electron chi connectivity index (χ4n) is 2.32. The molecule has 2 aliphatic heterocycles. The van der Waals surface area contributed by atoms with Gasteiger partial charge in [-0.1, -0.05) is 0 Å². The Morgan fingerprint density at radius 3 is 2.17 bits per heavy atom. The van der Waals surface area contributed by atoms with Gasteiger partial charge < -0.3 is 20.9 Å². The number of piperazine rings is 1. The Bertz CT molecular complexity index is 365. The molecule has 2 fully saturated rings. The zero-order valence-electron chi connectivity index (χ0n) is 10.2. The van der Waals surface area contributed by atoms with E-state index >= 15 is 0 Å². The van der Waals surface area contributed by atoms with E-state index in [1.165, 1.54) is 4.90 Å². The van der Waals surface area contributed by atoms with Crippen molar-refractivity contribution < 1.29 is 14.4 Å². The second-order valence-electron chi connectivity index (χ2n) is 4.68. The average molecular weight is 254 g/mol. The molecule has 0 spiro atoms. The summed E-state index contributed by atoms with van der Waals surface area (Å²) in [5.74, 6) is -1.70. The van der Waals surface area contributed by atoms with Crippen molar-refractivity contribution in [2.45, 2.75) is 6.42 Å². The number of hydrogen-bond donors (Lipinski definition) is 2. The summed E-state index contributed by atoms with van der Waals surface area (Å²) in [6.07, 6.45) is 0.551. The number of carbonyl (C=O) groups is 3. The third-order valence-corrected chi connectivity index (χ3v) is 3.46. The van der Waals surface area contributed by atoms with Crippen LogP contribution in [-0.2, 0) is 14.4 Å². The van der Waals surface area contributed by atoms with Crippen LogP contribution < -0.4 is 11.1 Å². The summed E-state index contributed by atoms with van der Waals surface area (Å²) >= 11 is 0.